The van der Waals surface area contributed by atoms with Gasteiger partial charge in [0.1, 0.15) is 0 Å². The molecule has 2 aliphatic rings. The largest absolute Gasteiger partial charge is 0.314 e. The summed E-state index contributed by atoms with van der Waals surface area (Å²) in [6.45, 7) is 1.68. The lowest BCUT2D eigenvalue weighted by atomic mass is 10.2. The average Bonchev–Trinajstić information content (AvgIpc) is 2.87. The molecule has 1 saturated carbocycles. The van der Waals surface area contributed by atoms with E-state index < -0.39 is 10.0 Å². The van der Waals surface area contributed by atoms with Gasteiger partial charge in [0, 0.05) is 12.6 Å². The second-order valence-electron chi connectivity index (χ2n) is 4.22. The van der Waals surface area contributed by atoms with E-state index in [1.165, 1.54) is 12.8 Å². The van der Waals surface area contributed by atoms with Crippen molar-refractivity contribution in [2.75, 3.05) is 13.1 Å². The van der Waals surface area contributed by atoms with Crippen LogP contribution in [0.5, 0.6) is 0 Å². The van der Waals surface area contributed by atoms with Gasteiger partial charge >= 0.3 is 0 Å². The lowest BCUT2D eigenvalue weighted by Crippen LogP contribution is -2.32. The van der Waals surface area contributed by atoms with Crippen molar-refractivity contribution in [2.45, 2.75) is 43.4 Å². The predicted molar refractivity (Wildman–Crippen MR) is 55.6 cm³/mol. The van der Waals surface area contributed by atoms with Gasteiger partial charge < -0.3 is 5.32 Å². The number of sulfonamides is 1. The molecule has 2 fully saturated rings. The summed E-state index contributed by atoms with van der Waals surface area (Å²) in [6, 6.07) is 0.525. The van der Waals surface area contributed by atoms with Crippen LogP contribution in [-0.2, 0) is 10.0 Å². The van der Waals surface area contributed by atoms with E-state index in [9.17, 15) is 8.42 Å². The van der Waals surface area contributed by atoms with Crippen molar-refractivity contribution in [3.05, 3.63) is 0 Å². The van der Waals surface area contributed by atoms with Crippen LogP contribution in [-0.4, -0.2) is 32.8 Å². The highest BCUT2D eigenvalue weighted by Crippen LogP contribution is 2.27. The monoisotopic (exact) mass is 218 g/mol. The van der Waals surface area contributed by atoms with E-state index in [0.717, 1.165) is 25.8 Å². The van der Waals surface area contributed by atoms with Crippen LogP contribution in [0.2, 0.25) is 0 Å². The van der Waals surface area contributed by atoms with Crippen LogP contribution >= 0.6 is 0 Å². The van der Waals surface area contributed by atoms with E-state index in [4.69, 9.17) is 0 Å². The van der Waals surface area contributed by atoms with Gasteiger partial charge in [-0.2, -0.15) is 0 Å². The molecule has 1 atom stereocenters. The average molecular weight is 218 g/mol. The van der Waals surface area contributed by atoms with Crippen LogP contribution in [0.1, 0.15) is 32.1 Å². The van der Waals surface area contributed by atoms with Crippen molar-refractivity contribution < 1.29 is 8.42 Å². The molecule has 0 radical (unpaired) electrons. The van der Waals surface area contributed by atoms with Gasteiger partial charge in [-0.25, -0.2) is 13.1 Å². The molecule has 0 aromatic heterocycles. The molecule has 1 aliphatic carbocycles. The molecule has 0 aromatic rings. The van der Waals surface area contributed by atoms with E-state index in [0.29, 0.717) is 12.6 Å². The van der Waals surface area contributed by atoms with Gasteiger partial charge in [-0.05, 0) is 38.6 Å². The molecule has 1 saturated heterocycles. The molecule has 0 aromatic carbocycles. The van der Waals surface area contributed by atoms with Crippen LogP contribution in [0.25, 0.3) is 0 Å². The number of hydrogen-bond acceptors (Lipinski definition) is 3. The molecular weight excluding hydrogens is 200 g/mol. The Labute approximate surface area is 85.5 Å². The normalized spacial score (nSPS) is 28.1. The highest BCUT2D eigenvalue weighted by atomic mass is 32.2. The summed E-state index contributed by atoms with van der Waals surface area (Å²) in [7, 11) is -2.96. The van der Waals surface area contributed by atoms with E-state index in [1.807, 2.05) is 0 Å². The van der Waals surface area contributed by atoms with Gasteiger partial charge in [0.25, 0.3) is 0 Å². The third-order valence-corrected chi connectivity index (χ3v) is 4.88. The zero-order chi connectivity index (χ0) is 10.0. The Balaban J connectivity index is 1.66. The summed E-state index contributed by atoms with van der Waals surface area (Å²) < 4.78 is 25.6. The highest BCUT2D eigenvalue weighted by molar-refractivity contribution is 7.90. The van der Waals surface area contributed by atoms with Crippen molar-refractivity contribution in [1.82, 2.24) is 10.0 Å². The third kappa shape index (κ3) is 2.68. The fourth-order valence-electron chi connectivity index (χ4n) is 1.87. The summed E-state index contributed by atoms with van der Waals surface area (Å²) in [6.07, 6.45) is 5.02. The molecular formula is C9H18N2O2S. The molecule has 0 spiro atoms. The van der Waals surface area contributed by atoms with Crippen LogP contribution in [0.4, 0.5) is 0 Å². The van der Waals surface area contributed by atoms with Gasteiger partial charge in [-0.15, -0.1) is 0 Å². The molecule has 0 bridgehead atoms. The Hall–Kier alpha value is -0.130. The molecule has 1 heterocycles. The Morgan fingerprint density at radius 3 is 2.64 bits per heavy atom. The van der Waals surface area contributed by atoms with Crippen molar-refractivity contribution in [3.8, 4) is 0 Å². The van der Waals surface area contributed by atoms with E-state index >= 15 is 0 Å². The Kier molecular flexibility index (Phi) is 3.09. The first-order valence-corrected chi connectivity index (χ1v) is 6.95. The van der Waals surface area contributed by atoms with Gasteiger partial charge in [-0.3, -0.25) is 0 Å². The SMILES string of the molecule is O=S(=O)(NCC[C@H]1CCCN1)C1CC1. The Morgan fingerprint density at radius 1 is 1.29 bits per heavy atom. The van der Waals surface area contributed by atoms with Gasteiger partial charge in [0.2, 0.25) is 10.0 Å². The molecule has 2 rings (SSSR count). The number of nitrogens with one attached hydrogen (secondary N) is 2. The highest BCUT2D eigenvalue weighted by Gasteiger charge is 2.35. The molecule has 0 unspecified atom stereocenters. The first kappa shape index (κ1) is 10.4. The maximum Gasteiger partial charge on any atom is 0.214 e. The molecule has 4 nitrogen and oxygen atoms in total. The maximum absolute atomic E-state index is 11.4. The number of rotatable bonds is 5. The summed E-state index contributed by atoms with van der Waals surface area (Å²) in [4.78, 5) is 0. The van der Waals surface area contributed by atoms with Crippen LogP contribution < -0.4 is 10.0 Å². The maximum atomic E-state index is 11.4. The molecule has 5 heteroatoms. The predicted octanol–water partition coefficient (Wildman–Crippen LogP) is 0.210. The van der Waals surface area contributed by atoms with E-state index in [1.54, 1.807) is 0 Å². The summed E-state index contributed by atoms with van der Waals surface area (Å²) in [5, 5.41) is 3.27. The van der Waals surface area contributed by atoms with Crippen LogP contribution in [0.15, 0.2) is 0 Å². The Bertz CT molecular complexity index is 279. The fraction of sp³-hybridized carbons (Fsp3) is 1.00. The van der Waals surface area contributed by atoms with Gasteiger partial charge in [0.05, 0.1) is 5.25 Å². The standard InChI is InChI=1S/C9H18N2O2S/c12-14(13,9-3-4-9)11-7-5-8-2-1-6-10-8/h8-11H,1-7H2/t8-/m1/s1. The first-order valence-electron chi connectivity index (χ1n) is 5.40. The zero-order valence-corrected chi connectivity index (χ0v) is 9.15. The molecule has 0 amide bonds. The number of hydrogen-bond donors (Lipinski definition) is 2. The van der Waals surface area contributed by atoms with E-state index in [2.05, 4.69) is 10.0 Å². The van der Waals surface area contributed by atoms with Gasteiger partial charge in [0.15, 0.2) is 0 Å². The van der Waals surface area contributed by atoms with Crippen LogP contribution in [0, 0.1) is 0 Å². The van der Waals surface area contributed by atoms with Crippen molar-refractivity contribution in [1.29, 1.82) is 0 Å². The van der Waals surface area contributed by atoms with Crippen LogP contribution in [0.3, 0.4) is 0 Å². The summed E-state index contributed by atoms with van der Waals surface area (Å²) in [5.74, 6) is 0. The smallest absolute Gasteiger partial charge is 0.214 e. The lowest BCUT2D eigenvalue weighted by Gasteiger charge is -2.10. The quantitative estimate of drug-likeness (QED) is 0.693. The van der Waals surface area contributed by atoms with Crippen molar-refractivity contribution >= 4 is 10.0 Å². The molecule has 14 heavy (non-hydrogen) atoms. The molecule has 2 N–H and O–H groups in total. The molecule has 1 aliphatic heterocycles. The van der Waals surface area contributed by atoms with Gasteiger partial charge in [-0.1, -0.05) is 0 Å². The minimum absolute atomic E-state index is 0.0842. The second kappa shape index (κ2) is 4.16. The lowest BCUT2D eigenvalue weighted by molar-refractivity contribution is 0.539. The first-order chi connectivity index (χ1) is 6.68. The topological polar surface area (TPSA) is 58.2 Å². The summed E-state index contributed by atoms with van der Waals surface area (Å²) >= 11 is 0. The minimum atomic E-state index is -2.96. The zero-order valence-electron chi connectivity index (χ0n) is 8.33. The Morgan fingerprint density at radius 2 is 2.07 bits per heavy atom. The van der Waals surface area contributed by atoms with Crippen molar-refractivity contribution in [3.63, 3.8) is 0 Å². The third-order valence-electron chi connectivity index (χ3n) is 2.92. The minimum Gasteiger partial charge on any atom is -0.314 e. The summed E-state index contributed by atoms with van der Waals surface area (Å²) in [5.41, 5.74) is 0. The van der Waals surface area contributed by atoms with E-state index in [-0.39, 0.29) is 5.25 Å². The molecule has 82 valence electrons. The second-order valence-corrected chi connectivity index (χ2v) is 6.27. The fourth-order valence-corrected chi connectivity index (χ4v) is 3.27. The van der Waals surface area contributed by atoms with Crippen molar-refractivity contribution in [2.24, 2.45) is 0 Å².